The lowest BCUT2D eigenvalue weighted by molar-refractivity contribution is 0.834. The fourth-order valence-electron chi connectivity index (χ4n) is 2.86. The van der Waals surface area contributed by atoms with E-state index >= 15 is 0 Å². The fraction of sp³-hybridized carbons (Fsp3) is 0.0526. The Morgan fingerprint density at radius 3 is 2.30 bits per heavy atom. The van der Waals surface area contributed by atoms with E-state index in [1.54, 1.807) is 24.4 Å². The van der Waals surface area contributed by atoms with E-state index in [1.165, 1.54) is 0 Å². The van der Waals surface area contributed by atoms with Gasteiger partial charge >= 0.3 is 0 Å². The van der Waals surface area contributed by atoms with E-state index in [0.29, 0.717) is 48.7 Å². The van der Waals surface area contributed by atoms with Crippen LogP contribution in [-0.2, 0) is 6.54 Å². The molecule has 136 valence electrons. The highest BCUT2D eigenvalue weighted by molar-refractivity contribution is 6.43. The molecule has 0 aliphatic carbocycles. The van der Waals surface area contributed by atoms with Crippen molar-refractivity contribution in [2.24, 2.45) is 0 Å². The molecule has 4 rings (SSSR count). The van der Waals surface area contributed by atoms with E-state index in [2.05, 4.69) is 4.98 Å². The van der Waals surface area contributed by atoms with Gasteiger partial charge in [-0.1, -0.05) is 64.1 Å². The zero-order valence-electron chi connectivity index (χ0n) is 13.6. The molecule has 0 N–H and O–H groups in total. The summed E-state index contributed by atoms with van der Waals surface area (Å²) in [4.78, 5) is 8.87. The average molecular weight is 458 g/mol. The summed E-state index contributed by atoms with van der Waals surface area (Å²) in [6.45, 7) is 0.492. The lowest BCUT2D eigenvalue weighted by Gasteiger charge is -2.11. The average Bonchev–Trinajstić information content (AvgIpc) is 2.96. The van der Waals surface area contributed by atoms with Crippen molar-refractivity contribution in [3.8, 4) is 11.4 Å². The standard InChI is InChI=1S/C19H10Cl5N3/c20-12-4-3-10(6-13(12)21)9-27-17-8-15(23)14(22)7-16(17)26-19(27)11-2-1-5-25-18(11)24/h1-8H,9H2. The summed E-state index contributed by atoms with van der Waals surface area (Å²) in [7, 11) is 0. The van der Waals surface area contributed by atoms with Crippen LogP contribution in [0.4, 0.5) is 0 Å². The molecule has 0 fully saturated rings. The molecular formula is C19H10Cl5N3. The van der Waals surface area contributed by atoms with E-state index < -0.39 is 0 Å². The summed E-state index contributed by atoms with van der Waals surface area (Å²) in [6, 6.07) is 12.7. The Kier molecular flexibility index (Phi) is 5.23. The summed E-state index contributed by atoms with van der Waals surface area (Å²) >= 11 is 30.9. The van der Waals surface area contributed by atoms with Crippen molar-refractivity contribution in [1.29, 1.82) is 0 Å². The van der Waals surface area contributed by atoms with Crippen molar-refractivity contribution < 1.29 is 0 Å². The molecule has 3 nitrogen and oxygen atoms in total. The zero-order chi connectivity index (χ0) is 19.1. The first-order valence-electron chi connectivity index (χ1n) is 7.84. The highest BCUT2D eigenvalue weighted by atomic mass is 35.5. The number of hydrogen-bond donors (Lipinski definition) is 0. The predicted molar refractivity (Wildman–Crippen MR) is 114 cm³/mol. The van der Waals surface area contributed by atoms with E-state index in [9.17, 15) is 0 Å². The molecule has 2 heterocycles. The van der Waals surface area contributed by atoms with E-state index in [1.807, 2.05) is 28.8 Å². The number of imidazole rings is 1. The molecule has 0 radical (unpaired) electrons. The topological polar surface area (TPSA) is 30.7 Å². The lowest BCUT2D eigenvalue weighted by Crippen LogP contribution is -2.03. The molecule has 0 aliphatic heterocycles. The van der Waals surface area contributed by atoms with E-state index in [-0.39, 0.29) is 0 Å². The van der Waals surface area contributed by atoms with Gasteiger partial charge in [-0.25, -0.2) is 9.97 Å². The van der Waals surface area contributed by atoms with Gasteiger partial charge in [-0.2, -0.15) is 0 Å². The van der Waals surface area contributed by atoms with E-state index in [0.717, 1.165) is 11.1 Å². The molecule has 0 spiro atoms. The zero-order valence-corrected chi connectivity index (χ0v) is 17.3. The van der Waals surface area contributed by atoms with Crippen LogP contribution in [0.5, 0.6) is 0 Å². The summed E-state index contributed by atoms with van der Waals surface area (Å²) in [5.41, 5.74) is 3.20. The third-order valence-electron chi connectivity index (χ3n) is 4.11. The van der Waals surface area contributed by atoms with Gasteiger partial charge < -0.3 is 4.57 Å². The maximum Gasteiger partial charge on any atom is 0.144 e. The normalized spacial score (nSPS) is 11.3. The van der Waals surface area contributed by atoms with Crippen molar-refractivity contribution in [3.05, 3.63) is 79.5 Å². The molecular weight excluding hydrogens is 447 g/mol. The molecule has 0 saturated carbocycles. The number of fused-ring (bicyclic) bond motifs is 1. The Hall–Kier alpha value is -1.49. The monoisotopic (exact) mass is 455 g/mol. The van der Waals surface area contributed by atoms with Gasteiger partial charge in [0.1, 0.15) is 11.0 Å². The number of hydrogen-bond acceptors (Lipinski definition) is 2. The highest BCUT2D eigenvalue weighted by Gasteiger charge is 2.17. The SMILES string of the molecule is Clc1ccc(Cn2c(-c3cccnc3Cl)nc3cc(Cl)c(Cl)cc32)cc1Cl. The smallest absolute Gasteiger partial charge is 0.144 e. The molecule has 0 atom stereocenters. The van der Waals surface area contributed by atoms with Crippen molar-refractivity contribution in [1.82, 2.24) is 14.5 Å². The highest BCUT2D eigenvalue weighted by Crippen LogP contribution is 2.34. The summed E-state index contributed by atoms with van der Waals surface area (Å²) in [5.74, 6) is 0.660. The van der Waals surface area contributed by atoms with Crippen LogP contribution < -0.4 is 0 Å². The first-order valence-corrected chi connectivity index (χ1v) is 9.73. The van der Waals surface area contributed by atoms with Gasteiger partial charge in [0.2, 0.25) is 0 Å². The van der Waals surface area contributed by atoms with Crippen LogP contribution in [0, 0.1) is 0 Å². The Morgan fingerprint density at radius 2 is 1.56 bits per heavy atom. The van der Waals surface area contributed by atoms with Crippen LogP contribution >= 0.6 is 58.0 Å². The van der Waals surface area contributed by atoms with Gasteiger partial charge in [-0.05, 0) is 42.0 Å². The van der Waals surface area contributed by atoms with Gasteiger partial charge in [-0.15, -0.1) is 0 Å². The maximum absolute atomic E-state index is 6.31. The minimum Gasteiger partial charge on any atom is -0.319 e. The fourth-order valence-corrected chi connectivity index (χ4v) is 3.70. The Labute approximate surface area is 180 Å². The Balaban J connectivity index is 1.95. The first kappa shape index (κ1) is 18.9. The quantitative estimate of drug-likeness (QED) is 0.300. The van der Waals surface area contributed by atoms with Crippen LogP contribution in [0.2, 0.25) is 25.2 Å². The Morgan fingerprint density at radius 1 is 0.815 bits per heavy atom. The van der Waals surface area contributed by atoms with Crippen molar-refractivity contribution in [3.63, 3.8) is 0 Å². The number of benzene rings is 2. The molecule has 0 unspecified atom stereocenters. The van der Waals surface area contributed by atoms with Gasteiger partial charge in [0, 0.05) is 12.7 Å². The number of nitrogens with zero attached hydrogens (tertiary/aromatic N) is 3. The Bertz CT molecular complexity index is 1170. The number of aromatic nitrogens is 3. The molecule has 4 aromatic rings. The van der Waals surface area contributed by atoms with E-state index in [4.69, 9.17) is 63.0 Å². The molecule has 2 aromatic carbocycles. The largest absolute Gasteiger partial charge is 0.319 e. The lowest BCUT2D eigenvalue weighted by atomic mass is 10.2. The van der Waals surface area contributed by atoms with Gasteiger partial charge in [-0.3, -0.25) is 0 Å². The third-order valence-corrected chi connectivity index (χ3v) is 5.88. The number of rotatable bonds is 3. The van der Waals surface area contributed by atoms with Gasteiger partial charge in [0.15, 0.2) is 0 Å². The van der Waals surface area contributed by atoms with Crippen molar-refractivity contribution in [2.45, 2.75) is 6.54 Å². The van der Waals surface area contributed by atoms with Crippen LogP contribution in [-0.4, -0.2) is 14.5 Å². The second kappa shape index (κ2) is 7.50. The minimum absolute atomic E-state index is 0.361. The maximum atomic E-state index is 6.31. The molecule has 2 aromatic heterocycles. The summed E-state index contributed by atoms with van der Waals surface area (Å²) < 4.78 is 2.00. The summed E-state index contributed by atoms with van der Waals surface area (Å²) in [5, 5.41) is 2.23. The third kappa shape index (κ3) is 3.63. The molecule has 0 bridgehead atoms. The van der Waals surface area contributed by atoms with Crippen LogP contribution in [0.1, 0.15) is 5.56 Å². The van der Waals surface area contributed by atoms with Crippen molar-refractivity contribution in [2.75, 3.05) is 0 Å². The molecule has 0 aliphatic rings. The number of pyridine rings is 1. The second-order valence-corrected chi connectivity index (χ2v) is 7.85. The summed E-state index contributed by atoms with van der Waals surface area (Å²) in [6.07, 6.45) is 1.63. The first-order chi connectivity index (χ1) is 12.9. The molecule has 8 heteroatoms. The van der Waals surface area contributed by atoms with Crippen LogP contribution in [0.3, 0.4) is 0 Å². The predicted octanol–water partition coefficient (Wildman–Crippen LogP) is 7.41. The minimum atomic E-state index is 0.361. The second-order valence-electron chi connectivity index (χ2n) is 5.87. The molecule has 27 heavy (non-hydrogen) atoms. The molecule has 0 amide bonds. The van der Waals surface area contributed by atoms with Gasteiger partial charge in [0.25, 0.3) is 0 Å². The van der Waals surface area contributed by atoms with Gasteiger partial charge in [0.05, 0.1) is 36.7 Å². The molecule has 0 saturated heterocycles. The van der Waals surface area contributed by atoms with Crippen LogP contribution in [0.25, 0.3) is 22.4 Å². The van der Waals surface area contributed by atoms with Crippen molar-refractivity contribution >= 4 is 69.0 Å². The van der Waals surface area contributed by atoms with Crippen LogP contribution in [0.15, 0.2) is 48.7 Å². The number of halogens is 5.